The van der Waals surface area contributed by atoms with Crippen LogP contribution in [-0.2, 0) is 17.6 Å². The smallest absolute Gasteiger partial charge is 0.414 e. The number of hydrogen-bond donors (Lipinski definition) is 1. The van der Waals surface area contributed by atoms with Crippen LogP contribution in [0.5, 0.6) is 0 Å². The number of ether oxygens (including phenoxy) is 1. The van der Waals surface area contributed by atoms with E-state index in [0.29, 0.717) is 6.42 Å². The third-order valence-electron chi connectivity index (χ3n) is 6.42. The Labute approximate surface area is 197 Å². The van der Waals surface area contributed by atoms with E-state index in [0.717, 1.165) is 52.2 Å². The van der Waals surface area contributed by atoms with Crippen LogP contribution in [0, 0.1) is 0 Å². The first-order chi connectivity index (χ1) is 16.5. The quantitative estimate of drug-likeness (QED) is 0.456. The van der Waals surface area contributed by atoms with Gasteiger partial charge in [0.15, 0.2) is 0 Å². The summed E-state index contributed by atoms with van der Waals surface area (Å²) in [5.41, 5.74) is 5.58. The van der Waals surface area contributed by atoms with Gasteiger partial charge in [-0.3, -0.25) is 9.47 Å². The number of carbonyl (C=O) groups is 2. The first kappa shape index (κ1) is 21.7. The van der Waals surface area contributed by atoms with Crippen LogP contribution in [0.2, 0.25) is 0 Å². The highest BCUT2D eigenvalue weighted by Crippen LogP contribution is 2.37. The van der Waals surface area contributed by atoms with E-state index in [2.05, 4.69) is 0 Å². The molecule has 1 N–H and O–H groups in total. The fraction of sp³-hybridized carbons (Fsp3) is 0.222. The number of aryl methyl sites for hydroxylation is 1. The number of methoxy groups -OCH3 is 1. The highest BCUT2D eigenvalue weighted by Gasteiger charge is 2.31. The number of nitrogens with zero attached hydrogens (tertiary/aromatic N) is 3. The molecular weight excluding hydrogens is 430 g/mol. The topological polar surface area (TPSA) is 84.7 Å². The molecule has 1 aliphatic rings. The predicted octanol–water partition coefficient (Wildman–Crippen LogP) is 5.22. The van der Waals surface area contributed by atoms with Crippen molar-refractivity contribution >= 4 is 28.8 Å². The summed E-state index contributed by atoms with van der Waals surface area (Å²) in [6.07, 6.45) is 1.79. The van der Waals surface area contributed by atoms with Gasteiger partial charge in [0.25, 0.3) is 0 Å². The second-order valence-electron chi connectivity index (χ2n) is 8.54. The number of benzene rings is 3. The van der Waals surface area contributed by atoms with Crippen LogP contribution in [-0.4, -0.2) is 39.9 Å². The Morgan fingerprint density at radius 2 is 1.88 bits per heavy atom. The normalized spacial score (nSPS) is 15.2. The van der Waals surface area contributed by atoms with E-state index in [1.165, 1.54) is 7.11 Å². The lowest BCUT2D eigenvalue weighted by molar-refractivity contribution is 0.0696. The number of imidazole rings is 1. The predicted molar refractivity (Wildman–Crippen MR) is 130 cm³/mol. The average molecular weight is 456 g/mol. The molecule has 0 saturated heterocycles. The van der Waals surface area contributed by atoms with Crippen molar-refractivity contribution in [2.45, 2.75) is 32.2 Å². The second kappa shape index (κ2) is 8.67. The van der Waals surface area contributed by atoms with Crippen molar-refractivity contribution < 1.29 is 19.4 Å². The van der Waals surface area contributed by atoms with Crippen LogP contribution in [0.25, 0.3) is 16.7 Å². The number of amides is 1. The van der Waals surface area contributed by atoms with Crippen molar-refractivity contribution in [2.24, 2.45) is 0 Å². The molecule has 34 heavy (non-hydrogen) atoms. The fourth-order valence-corrected chi connectivity index (χ4v) is 4.77. The standard InChI is InChI=1S/C27H25N3O4/c1-17-11-12-21-22(29(17)27(33)34-2)13-14-23-25(21)28-24(15-18-7-4-3-5-8-18)30(23)20-10-6-9-19(16-20)26(31)32/h3-10,13-14,16-17H,11-12,15H2,1-2H3,(H,31,32). The number of rotatable bonds is 4. The lowest BCUT2D eigenvalue weighted by Gasteiger charge is -2.34. The van der Waals surface area contributed by atoms with Gasteiger partial charge in [-0.2, -0.15) is 0 Å². The fourth-order valence-electron chi connectivity index (χ4n) is 4.77. The van der Waals surface area contributed by atoms with E-state index in [1.54, 1.807) is 23.1 Å². The van der Waals surface area contributed by atoms with Gasteiger partial charge in [-0.05, 0) is 55.7 Å². The van der Waals surface area contributed by atoms with Crippen LogP contribution in [0.1, 0.15) is 40.7 Å². The second-order valence-corrected chi connectivity index (χ2v) is 8.54. The lowest BCUT2D eigenvalue weighted by atomic mass is 9.96. The van der Waals surface area contributed by atoms with Gasteiger partial charge in [-0.1, -0.05) is 36.4 Å². The third kappa shape index (κ3) is 3.69. The zero-order valence-electron chi connectivity index (χ0n) is 19.1. The van der Waals surface area contributed by atoms with Gasteiger partial charge in [0.1, 0.15) is 5.82 Å². The van der Waals surface area contributed by atoms with Crippen LogP contribution < -0.4 is 4.90 Å². The maximum atomic E-state index is 12.5. The summed E-state index contributed by atoms with van der Waals surface area (Å²) in [5, 5.41) is 9.54. The van der Waals surface area contributed by atoms with Crippen LogP contribution in [0.3, 0.4) is 0 Å². The number of carbonyl (C=O) groups excluding carboxylic acids is 1. The molecule has 3 aromatic carbocycles. The van der Waals surface area contributed by atoms with E-state index in [4.69, 9.17) is 9.72 Å². The molecule has 1 atom stereocenters. The number of hydrogen-bond acceptors (Lipinski definition) is 4. The van der Waals surface area contributed by atoms with Crippen molar-refractivity contribution in [3.8, 4) is 5.69 Å². The molecule has 0 bridgehead atoms. The zero-order chi connectivity index (χ0) is 23.8. The first-order valence-electron chi connectivity index (χ1n) is 11.3. The molecule has 1 aliphatic heterocycles. The highest BCUT2D eigenvalue weighted by atomic mass is 16.5. The van der Waals surface area contributed by atoms with E-state index in [1.807, 2.05) is 60.0 Å². The molecule has 0 aliphatic carbocycles. The molecule has 1 aromatic heterocycles. The summed E-state index contributed by atoms with van der Waals surface area (Å²) in [6, 6.07) is 20.9. The maximum absolute atomic E-state index is 12.5. The number of carboxylic acids is 1. The molecule has 7 nitrogen and oxygen atoms in total. The molecule has 2 heterocycles. The summed E-state index contributed by atoms with van der Waals surface area (Å²) in [5.74, 6) is -0.170. The summed E-state index contributed by atoms with van der Waals surface area (Å²) in [4.78, 5) is 30.9. The highest BCUT2D eigenvalue weighted by molar-refractivity contribution is 5.96. The molecule has 5 rings (SSSR count). The van der Waals surface area contributed by atoms with Gasteiger partial charge in [0.2, 0.25) is 0 Å². The van der Waals surface area contributed by atoms with Gasteiger partial charge >= 0.3 is 12.1 Å². The molecule has 172 valence electrons. The average Bonchev–Trinajstić information content (AvgIpc) is 3.22. The minimum absolute atomic E-state index is 0.0236. The molecule has 0 saturated carbocycles. The van der Waals surface area contributed by atoms with Crippen LogP contribution in [0.15, 0.2) is 66.7 Å². The first-order valence-corrected chi connectivity index (χ1v) is 11.3. The molecule has 7 heteroatoms. The number of aromatic carboxylic acids is 1. The molecule has 0 fully saturated rings. The van der Waals surface area contributed by atoms with E-state index in [9.17, 15) is 14.7 Å². The largest absolute Gasteiger partial charge is 0.478 e. The van der Waals surface area contributed by atoms with E-state index >= 15 is 0 Å². The van der Waals surface area contributed by atoms with Crippen molar-refractivity contribution in [2.75, 3.05) is 12.0 Å². The lowest BCUT2D eigenvalue weighted by Crippen LogP contribution is -2.42. The third-order valence-corrected chi connectivity index (χ3v) is 6.42. The monoisotopic (exact) mass is 455 g/mol. The van der Waals surface area contributed by atoms with Gasteiger partial charge < -0.3 is 9.84 Å². The van der Waals surface area contributed by atoms with Crippen molar-refractivity contribution in [3.63, 3.8) is 0 Å². The SMILES string of the molecule is COC(=O)N1c2ccc3c(nc(Cc4ccccc4)n3-c3cccc(C(=O)O)c3)c2CCC1C. The Hall–Kier alpha value is -4.13. The van der Waals surface area contributed by atoms with Crippen molar-refractivity contribution in [1.82, 2.24) is 9.55 Å². The Balaban J connectivity index is 1.74. The Kier molecular flexibility index (Phi) is 5.53. The minimum atomic E-state index is -0.976. The molecule has 0 spiro atoms. The molecule has 1 unspecified atom stereocenters. The summed E-state index contributed by atoms with van der Waals surface area (Å²) in [6.45, 7) is 2.01. The summed E-state index contributed by atoms with van der Waals surface area (Å²) < 4.78 is 7.07. The summed E-state index contributed by atoms with van der Waals surface area (Å²) in [7, 11) is 1.39. The van der Waals surface area contributed by atoms with Gasteiger partial charge in [-0.25, -0.2) is 14.6 Å². The van der Waals surface area contributed by atoms with Gasteiger partial charge in [0.05, 0.1) is 29.4 Å². The van der Waals surface area contributed by atoms with Crippen LogP contribution in [0.4, 0.5) is 10.5 Å². The van der Waals surface area contributed by atoms with E-state index in [-0.39, 0.29) is 17.7 Å². The van der Waals surface area contributed by atoms with Gasteiger partial charge in [-0.15, -0.1) is 0 Å². The number of carboxylic acid groups (broad SMARTS) is 1. The van der Waals surface area contributed by atoms with Crippen molar-refractivity contribution in [1.29, 1.82) is 0 Å². The van der Waals surface area contributed by atoms with Crippen molar-refractivity contribution in [3.05, 3.63) is 89.2 Å². The summed E-state index contributed by atoms with van der Waals surface area (Å²) >= 11 is 0. The minimum Gasteiger partial charge on any atom is -0.478 e. The zero-order valence-corrected chi connectivity index (χ0v) is 19.1. The molecule has 1 amide bonds. The molecule has 0 radical (unpaired) electrons. The Morgan fingerprint density at radius 3 is 2.62 bits per heavy atom. The Morgan fingerprint density at radius 1 is 1.09 bits per heavy atom. The Bertz CT molecular complexity index is 1390. The van der Waals surface area contributed by atoms with Crippen LogP contribution >= 0.6 is 0 Å². The molecule has 4 aromatic rings. The number of anilines is 1. The number of fused-ring (bicyclic) bond motifs is 3. The maximum Gasteiger partial charge on any atom is 0.414 e. The van der Waals surface area contributed by atoms with E-state index < -0.39 is 5.97 Å². The van der Waals surface area contributed by atoms with Gasteiger partial charge in [0, 0.05) is 23.7 Å². The number of aromatic nitrogens is 2. The molecular formula is C27H25N3O4.